The second kappa shape index (κ2) is 10.3. The van der Waals surface area contributed by atoms with E-state index in [0.717, 1.165) is 38.0 Å². The summed E-state index contributed by atoms with van der Waals surface area (Å²) in [6.07, 6.45) is 11.4. The van der Waals surface area contributed by atoms with Gasteiger partial charge in [0, 0.05) is 41.0 Å². The number of hydrogen-bond donors (Lipinski definition) is 2. The maximum atomic E-state index is 12.1. The second-order valence-corrected chi connectivity index (χ2v) is 12.3. The first-order valence-corrected chi connectivity index (χ1v) is 14.6. The van der Waals surface area contributed by atoms with Crippen molar-refractivity contribution >= 4 is 44.4 Å². The molecule has 0 spiro atoms. The minimum atomic E-state index is -2.35. The predicted molar refractivity (Wildman–Crippen MR) is 148 cm³/mol. The fourth-order valence-corrected chi connectivity index (χ4v) is 5.31. The number of benzene rings is 1. The molecule has 3 aromatic rings. The van der Waals surface area contributed by atoms with E-state index in [1.165, 1.54) is 34.9 Å². The fourth-order valence-electron chi connectivity index (χ4n) is 4.75. The first kappa shape index (κ1) is 24.9. The van der Waals surface area contributed by atoms with E-state index in [2.05, 4.69) is 66.2 Å². The number of nitrogens with one attached hydrogen (secondary N) is 2. The Labute approximate surface area is 217 Å². The first-order valence-electron chi connectivity index (χ1n) is 12.3. The van der Waals surface area contributed by atoms with Crippen LogP contribution >= 0.6 is 0 Å². The molecule has 10 heteroatoms. The molecule has 1 aliphatic carbocycles. The van der Waals surface area contributed by atoms with Crippen molar-refractivity contribution in [3.05, 3.63) is 64.9 Å². The van der Waals surface area contributed by atoms with E-state index < -0.39 is 9.73 Å². The van der Waals surface area contributed by atoms with Crippen LogP contribution in [0.25, 0.3) is 5.57 Å². The minimum Gasteiger partial charge on any atom is -0.324 e. The monoisotopic (exact) mass is 514 g/mol. The number of aromatic nitrogens is 3. The summed E-state index contributed by atoms with van der Waals surface area (Å²) >= 11 is 0. The smallest absolute Gasteiger partial charge is 0.229 e. The zero-order chi connectivity index (χ0) is 26.0. The van der Waals surface area contributed by atoms with E-state index >= 15 is 0 Å². The van der Waals surface area contributed by atoms with Crippen molar-refractivity contribution in [1.29, 1.82) is 5.26 Å². The second-order valence-electron chi connectivity index (χ2n) is 9.74. The molecule has 0 saturated carbocycles. The van der Waals surface area contributed by atoms with Gasteiger partial charge in [0.2, 0.25) is 5.95 Å². The Hall–Kier alpha value is -3.81. The standard InChI is InChI=1S/C27H30N8OS/c1-35-12-11-22-19(17-35)13-21(14-23(22)18-7-4-5-8-18)30-27-29-16-20(15-28)26(33-27)32-24-9-6-10-25(31-24)34-37(2,3)36/h6-7,9-10,13-14,16H,4-5,8,11-12,17H2,1-3H3,(H2,29,30,31,32,33). The lowest BCUT2D eigenvalue weighted by molar-refractivity contribution is 0.313. The number of nitrogens with zero attached hydrogens (tertiary/aromatic N) is 6. The topological polar surface area (TPSA) is 119 Å². The van der Waals surface area contributed by atoms with Gasteiger partial charge in [0.05, 0.1) is 6.20 Å². The van der Waals surface area contributed by atoms with Gasteiger partial charge in [-0.25, -0.2) is 14.2 Å². The van der Waals surface area contributed by atoms with Gasteiger partial charge in [-0.05, 0) is 79.3 Å². The minimum absolute atomic E-state index is 0.285. The Morgan fingerprint density at radius 1 is 1.16 bits per heavy atom. The van der Waals surface area contributed by atoms with E-state index in [4.69, 9.17) is 0 Å². The molecule has 2 aliphatic rings. The van der Waals surface area contributed by atoms with Gasteiger partial charge in [0.15, 0.2) is 11.6 Å². The molecule has 0 fully saturated rings. The summed E-state index contributed by atoms with van der Waals surface area (Å²) in [5.74, 6) is 1.50. The maximum absolute atomic E-state index is 12.1. The Balaban J connectivity index is 1.46. The normalized spacial score (nSPS) is 15.5. The van der Waals surface area contributed by atoms with Crippen LogP contribution in [0.3, 0.4) is 0 Å². The zero-order valence-electron chi connectivity index (χ0n) is 21.3. The molecule has 1 aromatic carbocycles. The highest BCUT2D eigenvalue weighted by atomic mass is 32.2. The molecule has 0 radical (unpaired) electrons. The van der Waals surface area contributed by atoms with E-state index in [0.29, 0.717) is 23.4 Å². The van der Waals surface area contributed by atoms with Gasteiger partial charge in [-0.3, -0.25) is 0 Å². The molecular weight excluding hydrogens is 484 g/mol. The Kier molecular flexibility index (Phi) is 6.91. The number of likely N-dealkylation sites (N-methyl/N-ethyl adjacent to an activating group) is 1. The SMILES string of the molecule is CN1CCc2c(cc(Nc3ncc(C#N)c(Nc4cccc(N=S(C)(C)=O)n4)n3)cc2C2=CCCC2)C1. The van der Waals surface area contributed by atoms with Crippen LogP contribution in [0.2, 0.25) is 0 Å². The van der Waals surface area contributed by atoms with Crippen molar-refractivity contribution < 1.29 is 4.21 Å². The molecule has 0 atom stereocenters. The number of anilines is 4. The summed E-state index contributed by atoms with van der Waals surface area (Å²) in [6.45, 7) is 1.96. The highest BCUT2D eigenvalue weighted by molar-refractivity contribution is 7.92. The highest BCUT2D eigenvalue weighted by Crippen LogP contribution is 2.36. The van der Waals surface area contributed by atoms with Gasteiger partial charge in [-0.2, -0.15) is 14.6 Å². The van der Waals surface area contributed by atoms with Gasteiger partial charge in [0.25, 0.3) is 0 Å². The van der Waals surface area contributed by atoms with Gasteiger partial charge >= 0.3 is 0 Å². The summed E-state index contributed by atoms with van der Waals surface area (Å²) < 4.78 is 16.2. The third-order valence-electron chi connectivity index (χ3n) is 6.37. The number of pyridine rings is 1. The molecule has 2 N–H and O–H groups in total. The molecule has 0 saturated heterocycles. The predicted octanol–water partition coefficient (Wildman–Crippen LogP) is 5.14. The third kappa shape index (κ3) is 5.96. The fraction of sp³-hybridized carbons (Fsp3) is 0.333. The largest absolute Gasteiger partial charge is 0.324 e. The highest BCUT2D eigenvalue weighted by Gasteiger charge is 2.21. The van der Waals surface area contributed by atoms with Crippen LogP contribution in [0.1, 0.15) is 41.5 Å². The van der Waals surface area contributed by atoms with Gasteiger partial charge < -0.3 is 15.5 Å². The summed E-state index contributed by atoms with van der Waals surface area (Å²) in [7, 11) is -0.203. The van der Waals surface area contributed by atoms with Crippen molar-refractivity contribution in [2.24, 2.45) is 4.36 Å². The van der Waals surface area contributed by atoms with Crippen molar-refractivity contribution in [3.63, 3.8) is 0 Å². The van der Waals surface area contributed by atoms with Crippen LogP contribution < -0.4 is 10.6 Å². The molecule has 3 heterocycles. The third-order valence-corrected chi connectivity index (χ3v) is 7.00. The lowest BCUT2D eigenvalue weighted by atomic mass is 9.89. The Bertz CT molecular complexity index is 1540. The van der Waals surface area contributed by atoms with Crippen LogP contribution in [-0.2, 0) is 22.7 Å². The van der Waals surface area contributed by atoms with Crippen LogP contribution in [0, 0.1) is 11.3 Å². The molecule has 190 valence electrons. The van der Waals surface area contributed by atoms with Gasteiger partial charge in [0.1, 0.15) is 17.5 Å². The summed E-state index contributed by atoms with van der Waals surface area (Å²) in [4.78, 5) is 15.7. The summed E-state index contributed by atoms with van der Waals surface area (Å²) in [6, 6.07) is 11.7. The van der Waals surface area contributed by atoms with Crippen LogP contribution in [0.15, 0.2) is 47.0 Å². The quantitative estimate of drug-likeness (QED) is 0.464. The zero-order valence-corrected chi connectivity index (χ0v) is 22.1. The van der Waals surface area contributed by atoms with Crippen molar-refractivity contribution in [3.8, 4) is 6.07 Å². The van der Waals surface area contributed by atoms with E-state index in [1.54, 1.807) is 30.7 Å². The van der Waals surface area contributed by atoms with Crippen molar-refractivity contribution in [2.45, 2.75) is 32.2 Å². The summed E-state index contributed by atoms with van der Waals surface area (Å²) in [5.41, 5.74) is 6.72. The number of rotatable bonds is 6. The van der Waals surface area contributed by atoms with E-state index in [9.17, 15) is 9.47 Å². The van der Waals surface area contributed by atoms with E-state index in [-0.39, 0.29) is 5.56 Å². The maximum Gasteiger partial charge on any atom is 0.229 e. The van der Waals surface area contributed by atoms with Crippen molar-refractivity contribution in [2.75, 3.05) is 36.7 Å². The number of fused-ring (bicyclic) bond motifs is 1. The molecule has 0 bridgehead atoms. The Morgan fingerprint density at radius 2 is 2.03 bits per heavy atom. The average Bonchev–Trinajstić information content (AvgIpc) is 3.38. The number of nitriles is 1. The van der Waals surface area contributed by atoms with Crippen LogP contribution in [0.5, 0.6) is 0 Å². The van der Waals surface area contributed by atoms with Crippen molar-refractivity contribution in [1.82, 2.24) is 19.9 Å². The molecule has 1 aliphatic heterocycles. The molecule has 2 aromatic heterocycles. The first-order chi connectivity index (χ1) is 17.8. The molecule has 0 unspecified atom stereocenters. The lowest BCUT2D eigenvalue weighted by Gasteiger charge is -2.28. The lowest BCUT2D eigenvalue weighted by Crippen LogP contribution is -2.27. The molecular formula is C27H30N8OS. The van der Waals surface area contributed by atoms with Gasteiger partial charge in [-0.1, -0.05) is 12.1 Å². The Morgan fingerprint density at radius 3 is 2.78 bits per heavy atom. The molecule has 5 rings (SSSR count). The van der Waals surface area contributed by atoms with Gasteiger partial charge in [-0.15, -0.1) is 0 Å². The molecule has 37 heavy (non-hydrogen) atoms. The number of hydrogen-bond acceptors (Lipinski definition) is 9. The molecule has 9 nitrogen and oxygen atoms in total. The molecule has 0 amide bonds. The van der Waals surface area contributed by atoms with Crippen LogP contribution in [-0.4, -0.2) is 50.2 Å². The summed E-state index contributed by atoms with van der Waals surface area (Å²) in [5, 5.41) is 16.1. The van der Waals surface area contributed by atoms with Crippen LogP contribution in [0.4, 0.5) is 29.1 Å². The average molecular weight is 515 g/mol. The number of allylic oxidation sites excluding steroid dienone is 2. The van der Waals surface area contributed by atoms with E-state index in [1.807, 2.05) is 0 Å².